The van der Waals surface area contributed by atoms with Gasteiger partial charge in [0.2, 0.25) is 5.91 Å². The Bertz CT molecular complexity index is 439. The topological polar surface area (TPSA) is 32.3 Å². The maximum atomic E-state index is 13.0. The van der Waals surface area contributed by atoms with Crippen LogP contribution in [0.25, 0.3) is 0 Å². The number of aryl methyl sites for hydroxylation is 1. The second-order valence-corrected chi connectivity index (χ2v) is 4.88. The van der Waals surface area contributed by atoms with Crippen LogP contribution in [0.1, 0.15) is 25.3 Å². The summed E-state index contributed by atoms with van der Waals surface area (Å²) in [6.07, 6.45) is 1.88. The quantitative estimate of drug-likeness (QED) is 0.875. The second-order valence-electron chi connectivity index (χ2n) is 4.88. The van der Waals surface area contributed by atoms with Gasteiger partial charge in [-0.25, -0.2) is 4.39 Å². The Morgan fingerprint density at radius 2 is 2.06 bits per heavy atom. The van der Waals surface area contributed by atoms with E-state index in [1.54, 1.807) is 13.0 Å². The zero-order valence-corrected chi connectivity index (χ0v) is 10.9. The van der Waals surface area contributed by atoms with Crippen molar-refractivity contribution in [3.05, 3.63) is 29.6 Å². The molecule has 18 heavy (non-hydrogen) atoms. The zero-order chi connectivity index (χ0) is 13.1. The summed E-state index contributed by atoms with van der Waals surface area (Å²) in [6.45, 7) is 5.11. The molecule has 1 aliphatic rings. The van der Waals surface area contributed by atoms with Crippen molar-refractivity contribution in [3.8, 4) is 0 Å². The number of nitrogens with one attached hydrogen (secondary N) is 1. The molecule has 0 spiro atoms. The number of piperidine rings is 1. The first-order valence-electron chi connectivity index (χ1n) is 6.34. The minimum absolute atomic E-state index is 0.145. The van der Waals surface area contributed by atoms with Gasteiger partial charge < -0.3 is 10.2 Å². The summed E-state index contributed by atoms with van der Waals surface area (Å²) in [5, 5.41) is 3.43. The van der Waals surface area contributed by atoms with Gasteiger partial charge in [-0.1, -0.05) is 0 Å². The van der Waals surface area contributed by atoms with Crippen LogP contribution in [0.3, 0.4) is 0 Å². The lowest BCUT2D eigenvalue weighted by molar-refractivity contribution is -0.129. The largest absolute Gasteiger partial charge is 0.382 e. The molecule has 98 valence electrons. The highest BCUT2D eigenvalue weighted by atomic mass is 19.1. The highest BCUT2D eigenvalue weighted by Crippen LogP contribution is 2.20. The predicted molar refractivity (Wildman–Crippen MR) is 70.0 cm³/mol. The van der Waals surface area contributed by atoms with Crippen molar-refractivity contribution in [2.24, 2.45) is 0 Å². The number of nitrogens with zero attached hydrogens (tertiary/aromatic N) is 1. The first-order valence-corrected chi connectivity index (χ1v) is 6.34. The number of hydrogen-bond donors (Lipinski definition) is 1. The van der Waals surface area contributed by atoms with Crippen molar-refractivity contribution in [2.75, 3.05) is 18.4 Å². The number of rotatable bonds is 2. The molecule has 0 saturated carbocycles. The van der Waals surface area contributed by atoms with Gasteiger partial charge >= 0.3 is 0 Å². The van der Waals surface area contributed by atoms with Crippen LogP contribution in [-0.2, 0) is 4.79 Å². The molecule has 1 aliphatic heterocycles. The number of carbonyl (C=O) groups excluding carboxylic acids is 1. The second kappa shape index (κ2) is 5.38. The fourth-order valence-corrected chi connectivity index (χ4v) is 2.35. The van der Waals surface area contributed by atoms with Gasteiger partial charge in [-0.15, -0.1) is 0 Å². The first-order chi connectivity index (χ1) is 8.56. The molecule has 0 aromatic heterocycles. The van der Waals surface area contributed by atoms with E-state index < -0.39 is 0 Å². The van der Waals surface area contributed by atoms with Gasteiger partial charge in [0.15, 0.2) is 0 Å². The fourth-order valence-electron chi connectivity index (χ4n) is 2.35. The Balaban J connectivity index is 1.93. The molecule has 1 saturated heterocycles. The minimum Gasteiger partial charge on any atom is -0.382 e. The number of carbonyl (C=O) groups is 1. The Hall–Kier alpha value is -1.58. The van der Waals surface area contributed by atoms with Crippen LogP contribution < -0.4 is 5.32 Å². The Kier molecular flexibility index (Phi) is 3.84. The van der Waals surface area contributed by atoms with E-state index in [0.29, 0.717) is 6.04 Å². The molecular weight excluding hydrogens is 231 g/mol. The van der Waals surface area contributed by atoms with Gasteiger partial charge in [0, 0.05) is 31.7 Å². The Morgan fingerprint density at radius 1 is 1.39 bits per heavy atom. The maximum absolute atomic E-state index is 13.0. The molecule has 1 aromatic carbocycles. The van der Waals surface area contributed by atoms with Crippen molar-refractivity contribution in [2.45, 2.75) is 32.7 Å². The normalized spacial score (nSPS) is 16.7. The molecule has 0 bridgehead atoms. The predicted octanol–water partition coefficient (Wildman–Crippen LogP) is 2.56. The smallest absolute Gasteiger partial charge is 0.219 e. The number of anilines is 1. The lowest BCUT2D eigenvalue weighted by atomic mass is 10.0. The number of halogens is 1. The third-order valence-electron chi connectivity index (χ3n) is 3.49. The molecule has 1 aromatic rings. The van der Waals surface area contributed by atoms with Crippen molar-refractivity contribution in [1.82, 2.24) is 4.90 Å². The summed E-state index contributed by atoms with van der Waals surface area (Å²) in [7, 11) is 0. The van der Waals surface area contributed by atoms with E-state index in [4.69, 9.17) is 0 Å². The van der Waals surface area contributed by atoms with E-state index in [1.165, 1.54) is 12.1 Å². The van der Waals surface area contributed by atoms with Crippen LogP contribution in [0.4, 0.5) is 10.1 Å². The highest BCUT2D eigenvalue weighted by Gasteiger charge is 2.20. The van der Waals surface area contributed by atoms with Gasteiger partial charge in [0.25, 0.3) is 0 Å². The summed E-state index contributed by atoms with van der Waals surface area (Å²) >= 11 is 0. The molecule has 1 heterocycles. The van der Waals surface area contributed by atoms with E-state index in [1.807, 2.05) is 11.8 Å². The number of benzene rings is 1. The van der Waals surface area contributed by atoms with Gasteiger partial charge in [-0.3, -0.25) is 4.79 Å². The van der Waals surface area contributed by atoms with Crippen LogP contribution in [0.5, 0.6) is 0 Å². The Labute approximate surface area is 107 Å². The monoisotopic (exact) mass is 250 g/mol. The van der Waals surface area contributed by atoms with E-state index in [9.17, 15) is 9.18 Å². The van der Waals surface area contributed by atoms with E-state index in [0.717, 1.165) is 37.2 Å². The van der Waals surface area contributed by atoms with Crippen LogP contribution in [0.15, 0.2) is 18.2 Å². The molecule has 0 atom stereocenters. The van der Waals surface area contributed by atoms with Crippen LogP contribution in [0.2, 0.25) is 0 Å². The standard InChI is InChI=1S/C14H19FN2O/c1-10-9-12(15)3-4-14(10)16-13-5-7-17(8-6-13)11(2)18/h3-4,9,13,16H,5-8H2,1-2H3. The SMILES string of the molecule is CC(=O)N1CCC(Nc2ccc(F)cc2C)CC1. The molecule has 0 aliphatic carbocycles. The summed E-state index contributed by atoms with van der Waals surface area (Å²) in [6, 6.07) is 5.15. The summed E-state index contributed by atoms with van der Waals surface area (Å²) in [4.78, 5) is 13.1. The molecule has 2 rings (SSSR count). The molecule has 0 unspecified atom stereocenters. The molecule has 1 amide bonds. The minimum atomic E-state index is -0.204. The van der Waals surface area contributed by atoms with Crippen molar-refractivity contribution < 1.29 is 9.18 Å². The van der Waals surface area contributed by atoms with Crippen molar-refractivity contribution in [1.29, 1.82) is 0 Å². The van der Waals surface area contributed by atoms with Gasteiger partial charge in [-0.2, -0.15) is 0 Å². The zero-order valence-electron chi connectivity index (χ0n) is 10.9. The van der Waals surface area contributed by atoms with E-state index in [2.05, 4.69) is 5.32 Å². The van der Waals surface area contributed by atoms with Gasteiger partial charge in [0.1, 0.15) is 5.82 Å². The lowest BCUT2D eigenvalue weighted by Crippen LogP contribution is -2.41. The number of hydrogen-bond acceptors (Lipinski definition) is 2. The lowest BCUT2D eigenvalue weighted by Gasteiger charge is -2.32. The van der Waals surface area contributed by atoms with Crippen LogP contribution >= 0.6 is 0 Å². The molecule has 1 fully saturated rings. The highest BCUT2D eigenvalue weighted by molar-refractivity contribution is 5.73. The fraction of sp³-hybridized carbons (Fsp3) is 0.500. The van der Waals surface area contributed by atoms with Crippen molar-refractivity contribution >= 4 is 11.6 Å². The van der Waals surface area contributed by atoms with Gasteiger partial charge in [-0.05, 0) is 43.5 Å². The van der Waals surface area contributed by atoms with E-state index in [-0.39, 0.29) is 11.7 Å². The third-order valence-corrected chi connectivity index (χ3v) is 3.49. The average Bonchev–Trinajstić information content (AvgIpc) is 2.33. The van der Waals surface area contributed by atoms with Crippen LogP contribution in [-0.4, -0.2) is 29.9 Å². The van der Waals surface area contributed by atoms with Gasteiger partial charge in [0.05, 0.1) is 0 Å². The third kappa shape index (κ3) is 3.00. The number of amides is 1. The molecule has 3 nitrogen and oxygen atoms in total. The Morgan fingerprint density at radius 3 is 2.61 bits per heavy atom. The van der Waals surface area contributed by atoms with Crippen molar-refractivity contribution in [3.63, 3.8) is 0 Å². The summed E-state index contributed by atoms with van der Waals surface area (Å²) in [5.41, 5.74) is 1.90. The van der Waals surface area contributed by atoms with E-state index >= 15 is 0 Å². The first kappa shape index (κ1) is 12.9. The molecule has 4 heteroatoms. The van der Waals surface area contributed by atoms with Crippen LogP contribution in [0, 0.1) is 12.7 Å². The average molecular weight is 250 g/mol. The summed E-state index contributed by atoms with van der Waals surface area (Å²) < 4.78 is 13.0. The number of likely N-dealkylation sites (tertiary alicyclic amines) is 1. The molecular formula is C14H19FN2O. The maximum Gasteiger partial charge on any atom is 0.219 e. The molecule has 1 N–H and O–H groups in total. The molecule has 0 radical (unpaired) electrons. The summed E-state index contributed by atoms with van der Waals surface area (Å²) in [5.74, 6) is -0.0594.